The number of benzene rings is 1. The summed E-state index contributed by atoms with van der Waals surface area (Å²) in [7, 11) is 0. The van der Waals surface area contributed by atoms with Crippen molar-refractivity contribution in [3.05, 3.63) is 83.6 Å². The van der Waals surface area contributed by atoms with Gasteiger partial charge < -0.3 is 23.9 Å². The highest BCUT2D eigenvalue weighted by Gasteiger charge is 2.18. The average molecular weight is 479 g/mol. The van der Waals surface area contributed by atoms with E-state index in [1.165, 1.54) is 0 Å². The van der Waals surface area contributed by atoms with Gasteiger partial charge in [0.05, 0.1) is 26.3 Å². The Kier molecular flexibility index (Phi) is 8.75. The largest absolute Gasteiger partial charge is 0.454 e. The first-order chi connectivity index (χ1) is 17.1. The van der Waals surface area contributed by atoms with Crippen LogP contribution in [0.5, 0.6) is 0 Å². The highest BCUT2D eigenvalue weighted by atomic mass is 16.5. The zero-order valence-corrected chi connectivity index (χ0v) is 20.3. The SMILES string of the molecule is CCCN(Cc1cccn1Cc1ccc(C(=O)NCCN2CCOCC2)o1)C(=O)c1ccccc1. The van der Waals surface area contributed by atoms with E-state index in [-0.39, 0.29) is 11.8 Å². The first-order valence-corrected chi connectivity index (χ1v) is 12.3. The third kappa shape index (κ3) is 6.83. The zero-order chi connectivity index (χ0) is 24.5. The fraction of sp³-hybridized carbons (Fsp3) is 0.407. The molecule has 4 rings (SSSR count). The van der Waals surface area contributed by atoms with Crippen LogP contribution in [0.4, 0.5) is 0 Å². The van der Waals surface area contributed by atoms with Crippen LogP contribution < -0.4 is 5.32 Å². The van der Waals surface area contributed by atoms with Crippen LogP contribution in [0.2, 0.25) is 0 Å². The van der Waals surface area contributed by atoms with E-state index < -0.39 is 0 Å². The molecule has 186 valence electrons. The molecule has 1 fully saturated rings. The van der Waals surface area contributed by atoms with Gasteiger partial charge in [0.15, 0.2) is 5.76 Å². The van der Waals surface area contributed by atoms with Crippen LogP contribution in [0, 0.1) is 0 Å². The Morgan fingerprint density at radius 1 is 1.03 bits per heavy atom. The molecule has 2 amide bonds. The summed E-state index contributed by atoms with van der Waals surface area (Å²) in [6.45, 7) is 8.38. The maximum atomic E-state index is 13.0. The third-order valence-corrected chi connectivity index (χ3v) is 6.11. The molecule has 1 aliphatic heterocycles. The summed E-state index contributed by atoms with van der Waals surface area (Å²) in [5.74, 6) is 0.814. The molecule has 0 unspecified atom stereocenters. The van der Waals surface area contributed by atoms with E-state index >= 15 is 0 Å². The molecule has 2 aromatic heterocycles. The first-order valence-electron chi connectivity index (χ1n) is 12.3. The van der Waals surface area contributed by atoms with Crippen molar-refractivity contribution in [2.24, 2.45) is 0 Å². The van der Waals surface area contributed by atoms with Crippen molar-refractivity contribution in [1.82, 2.24) is 19.7 Å². The summed E-state index contributed by atoms with van der Waals surface area (Å²) in [6.07, 6.45) is 2.85. The molecule has 1 saturated heterocycles. The second-order valence-corrected chi connectivity index (χ2v) is 8.70. The van der Waals surface area contributed by atoms with Gasteiger partial charge in [-0.05, 0) is 42.8 Å². The molecular weight excluding hydrogens is 444 g/mol. The molecule has 8 nitrogen and oxygen atoms in total. The van der Waals surface area contributed by atoms with Crippen LogP contribution >= 0.6 is 0 Å². The topological polar surface area (TPSA) is 80.0 Å². The number of carbonyl (C=O) groups excluding carboxylic acids is 2. The van der Waals surface area contributed by atoms with Gasteiger partial charge in [0.1, 0.15) is 5.76 Å². The molecule has 35 heavy (non-hydrogen) atoms. The Morgan fingerprint density at radius 3 is 2.60 bits per heavy atom. The molecule has 1 N–H and O–H groups in total. The molecule has 0 radical (unpaired) electrons. The van der Waals surface area contributed by atoms with E-state index in [0.717, 1.165) is 45.0 Å². The predicted molar refractivity (Wildman–Crippen MR) is 133 cm³/mol. The summed E-state index contributed by atoms with van der Waals surface area (Å²) in [4.78, 5) is 29.7. The van der Waals surface area contributed by atoms with Gasteiger partial charge >= 0.3 is 0 Å². The van der Waals surface area contributed by atoms with Crippen LogP contribution in [0.25, 0.3) is 0 Å². The molecule has 0 bridgehead atoms. The van der Waals surface area contributed by atoms with Gasteiger partial charge in [-0.1, -0.05) is 25.1 Å². The van der Waals surface area contributed by atoms with E-state index in [1.54, 1.807) is 6.07 Å². The number of rotatable bonds is 11. The van der Waals surface area contributed by atoms with Crippen LogP contribution in [0.1, 0.15) is 45.7 Å². The molecule has 0 atom stereocenters. The van der Waals surface area contributed by atoms with Crippen molar-refractivity contribution in [1.29, 1.82) is 0 Å². The van der Waals surface area contributed by atoms with Crippen molar-refractivity contribution in [2.45, 2.75) is 26.4 Å². The van der Waals surface area contributed by atoms with E-state index in [2.05, 4.69) is 21.7 Å². The summed E-state index contributed by atoms with van der Waals surface area (Å²) in [5, 5.41) is 2.93. The fourth-order valence-corrected chi connectivity index (χ4v) is 4.22. The normalized spacial score (nSPS) is 14.1. The van der Waals surface area contributed by atoms with E-state index in [1.807, 2.05) is 59.6 Å². The number of furan rings is 1. The van der Waals surface area contributed by atoms with Crippen molar-refractivity contribution >= 4 is 11.8 Å². The monoisotopic (exact) mass is 478 g/mol. The second-order valence-electron chi connectivity index (χ2n) is 8.70. The van der Waals surface area contributed by atoms with Crippen LogP contribution in [0.15, 0.2) is 65.2 Å². The van der Waals surface area contributed by atoms with E-state index in [4.69, 9.17) is 9.15 Å². The molecule has 0 aliphatic carbocycles. The lowest BCUT2D eigenvalue weighted by Crippen LogP contribution is -2.41. The summed E-state index contributed by atoms with van der Waals surface area (Å²) < 4.78 is 13.2. The van der Waals surface area contributed by atoms with Gasteiger partial charge in [0.25, 0.3) is 11.8 Å². The van der Waals surface area contributed by atoms with E-state index in [0.29, 0.717) is 43.3 Å². The van der Waals surface area contributed by atoms with Crippen molar-refractivity contribution in [2.75, 3.05) is 45.9 Å². The molecular formula is C27H34N4O4. The van der Waals surface area contributed by atoms with Crippen LogP contribution in [0.3, 0.4) is 0 Å². The molecule has 0 saturated carbocycles. The highest BCUT2D eigenvalue weighted by Crippen LogP contribution is 2.15. The number of hydrogen-bond acceptors (Lipinski definition) is 5. The number of hydrogen-bond donors (Lipinski definition) is 1. The molecule has 0 spiro atoms. The molecule has 1 aliphatic rings. The molecule has 3 heterocycles. The third-order valence-electron chi connectivity index (χ3n) is 6.11. The van der Waals surface area contributed by atoms with Crippen LogP contribution in [-0.2, 0) is 17.8 Å². The second kappa shape index (κ2) is 12.4. The molecule has 3 aromatic rings. The minimum absolute atomic E-state index is 0.0224. The predicted octanol–water partition coefficient (Wildman–Crippen LogP) is 3.24. The highest BCUT2D eigenvalue weighted by molar-refractivity contribution is 5.94. The van der Waals surface area contributed by atoms with Gasteiger partial charge in [-0.15, -0.1) is 0 Å². The number of amides is 2. The van der Waals surface area contributed by atoms with E-state index in [9.17, 15) is 9.59 Å². The zero-order valence-electron chi connectivity index (χ0n) is 20.3. The van der Waals surface area contributed by atoms with Crippen molar-refractivity contribution < 1.29 is 18.7 Å². The first kappa shape index (κ1) is 24.8. The standard InChI is InChI=1S/C27H34N4O4/c1-2-13-31(27(33)22-7-4-3-5-8-22)20-23-9-6-14-30(23)21-24-10-11-25(35-24)26(32)28-12-15-29-16-18-34-19-17-29/h3-11,14H,2,12-13,15-21H2,1H3,(H,28,32). The Morgan fingerprint density at radius 2 is 1.83 bits per heavy atom. The van der Waals surface area contributed by atoms with Gasteiger partial charge in [-0.2, -0.15) is 0 Å². The Hall–Kier alpha value is -3.36. The molecule has 8 heteroatoms. The Bertz CT molecular complexity index is 1090. The van der Waals surface area contributed by atoms with Gasteiger partial charge in [-0.25, -0.2) is 0 Å². The maximum Gasteiger partial charge on any atom is 0.287 e. The van der Waals surface area contributed by atoms with Crippen molar-refractivity contribution in [3.63, 3.8) is 0 Å². The van der Waals surface area contributed by atoms with Gasteiger partial charge in [-0.3, -0.25) is 14.5 Å². The van der Waals surface area contributed by atoms with Crippen molar-refractivity contribution in [3.8, 4) is 0 Å². The number of carbonyl (C=O) groups is 2. The van der Waals surface area contributed by atoms with Gasteiger partial charge in [0.2, 0.25) is 0 Å². The van der Waals surface area contributed by atoms with Gasteiger partial charge in [0, 0.05) is 50.2 Å². The number of nitrogens with one attached hydrogen (secondary N) is 1. The minimum atomic E-state index is -0.209. The summed E-state index contributed by atoms with van der Waals surface area (Å²) >= 11 is 0. The Balaban J connectivity index is 1.34. The number of morpholine rings is 1. The number of nitrogens with zero attached hydrogens (tertiary/aromatic N) is 3. The lowest BCUT2D eigenvalue weighted by atomic mass is 10.2. The smallest absolute Gasteiger partial charge is 0.287 e. The Labute approximate surface area is 206 Å². The minimum Gasteiger partial charge on any atom is -0.454 e. The lowest BCUT2D eigenvalue weighted by molar-refractivity contribution is 0.0382. The fourth-order valence-electron chi connectivity index (χ4n) is 4.22. The number of aromatic nitrogens is 1. The summed E-state index contributed by atoms with van der Waals surface area (Å²) in [5.41, 5.74) is 1.70. The maximum absolute atomic E-state index is 13.0. The molecule has 1 aromatic carbocycles. The van der Waals surface area contributed by atoms with Crippen LogP contribution in [-0.4, -0.2) is 72.1 Å². The lowest BCUT2D eigenvalue weighted by Gasteiger charge is -2.26. The summed E-state index contributed by atoms with van der Waals surface area (Å²) in [6, 6.07) is 16.9. The quantitative estimate of drug-likeness (QED) is 0.458. The number of ether oxygens (including phenoxy) is 1. The average Bonchev–Trinajstić information content (AvgIpc) is 3.54.